The smallest absolute Gasteiger partial charge is 0.120 e. The van der Waals surface area contributed by atoms with Crippen molar-refractivity contribution in [3.63, 3.8) is 0 Å². The van der Waals surface area contributed by atoms with Gasteiger partial charge in [-0.05, 0) is 30.5 Å². The molecule has 1 aromatic rings. The predicted octanol–water partition coefficient (Wildman–Crippen LogP) is 2.06. The highest BCUT2D eigenvalue weighted by molar-refractivity contribution is 5.42. The fourth-order valence-electron chi connectivity index (χ4n) is 1.76. The van der Waals surface area contributed by atoms with E-state index in [1.165, 1.54) is 12.8 Å². The van der Waals surface area contributed by atoms with Crippen molar-refractivity contribution in [2.75, 3.05) is 0 Å². The fraction of sp³-hybridized carbons (Fsp3) is 0.417. The van der Waals surface area contributed by atoms with E-state index in [1.807, 2.05) is 0 Å². The minimum Gasteiger partial charge on any atom is -0.508 e. The Morgan fingerprint density at radius 1 is 1.53 bits per heavy atom. The molecule has 0 bridgehead atoms. The van der Waals surface area contributed by atoms with Crippen LogP contribution in [0.5, 0.6) is 5.75 Å². The Kier molecular flexibility index (Phi) is 2.61. The van der Waals surface area contributed by atoms with Crippen LogP contribution in [0, 0.1) is 17.2 Å². The van der Waals surface area contributed by atoms with Gasteiger partial charge in [0.25, 0.3) is 0 Å². The maximum atomic E-state index is 9.64. The lowest BCUT2D eigenvalue weighted by molar-refractivity contribution is 0.455. The molecule has 2 rings (SSSR count). The standard InChI is InChI=1S/C12H14N2O/c13-7-9-3-4-12(15)10(5-9)11(14)6-8-1-2-8/h3-5,8,11,15H,1-2,6,14H2/t11-/m1/s1. The quantitative estimate of drug-likeness (QED) is 0.788. The van der Waals surface area contributed by atoms with Crippen molar-refractivity contribution in [2.24, 2.45) is 11.7 Å². The zero-order valence-corrected chi connectivity index (χ0v) is 8.48. The molecule has 1 aliphatic carbocycles. The molecule has 15 heavy (non-hydrogen) atoms. The zero-order valence-electron chi connectivity index (χ0n) is 8.48. The first-order chi connectivity index (χ1) is 7.20. The van der Waals surface area contributed by atoms with E-state index in [0.717, 1.165) is 6.42 Å². The molecule has 1 aromatic carbocycles. The maximum Gasteiger partial charge on any atom is 0.120 e. The number of phenolic OH excluding ortho intramolecular Hbond substituents is 1. The van der Waals surface area contributed by atoms with Crippen molar-refractivity contribution >= 4 is 0 Å². The highest BCUT2D eigenvalue weighted by Gasteiger charge is 2.25. The summed E-state index contributed by atoms with van der Waals surface area (Å²) >= 11 is 0. The number of hydrogen-bond donors (Lipinski definition) is 2. The average Bonchev–Trinajstić information content (AvgIpc) is 3.02. The molecule has 1 atom stereocenters. The van der Waals surface area contributed by atoms with E-state index >= 15 is 0 Å². The Labute approximate surface area is 89.1 Å². The molecule has 3 heteroatoms. The van der Waals surface area contributed by atoms with Crippen molar-refractivity contribution in [3.8, 4) is 11.8 Å². The number of phenols is 1. The van der Waals surface area contributed by atoms with Gasteiger partial charge in [0, 0.05) is 11.6 Å². The van der Waals surface area contributed by atoms with Crippen molar-refractivity contribution in [2.45, 2.75) is 25.3 Å². The lowest BCUT2D eigenvalue weighted by Crippen LogP contribution is -2.11. The molecule has 0 amide bonds. The van der Waals surface area contributed by atoms with Gasteiger partial charge in [-0.3, -0.25) is 0 Å². The van der Waals surface area contributed by atoms with E-state index in [9.17, 15) is 5.11 Å². The van der Waals surface area contributed by atoms with Gasteiger partial charge in [0.15, 0.2) is 0 Å². The molecule has 0 unspecified atom stereocenters. The van der Waals surface area contributed by atoms with Gasteiger partial charge in [-0.1, -0.05) is 12.8 Å². The number of nitriles is 1. The molecule has 78 valence electrons. The number of rotatable bonds is 3. The molecule has 0 aromatic heterocycles. The minimum absolute atomic E-state index is 0.147. The topological polar surface area (TPSA) is 70.0 Å². The summed E-state index contributed by atoms with van der Waals surface area (Å²) in [5.74, 6) is 0.910. The average molecular weight is 202 g/mol. The summed E-state index contributed by atoms with van der Waals surface area (Å²) in [6, 6.07) is 6.73. The third-order valence-corrected chi connectivity index (χ3v) is 2.84. The van der Waals surface area contributed by atoms with Gasteiger partial charge in [0.1, 0.15) is 5.75 Å². The van der Waals surface area contributed by atoms with Gasteiger partial charge in [0.2, 0.25) is 0 Å². The second-order valence-electron chi connectivity index (χ2n) is 4.17. The highest BCUT2D eigenvalue weighted by atomic mass is 16.3. The van der Waals surface area contributed by atoms with Gasteiger partial charge in [-0.15, -0.1) is 0 Å². The van der Waals surface area contributed by atoms with Crippen LogP contribution in [0.4, 0.5) is 0 Å². The minimum atomic E-state index is -0.147. The summed E-state index contributed by atoms with van der Waals surface area (Å²) in [6.07, 6.45) is 3.39. The predicted molar refractivity (Wildman–Crippen MR) is 57.1 cm³/mol. The Balaban J connectivity index is 2.20. The number of nitrogens with zero attached hydrogens (tertiary/aromatic N) is 1. The molecular weight excluding hydrogens is 188 g/mol. The van der Waals surface area contributed by atoms with Crippen LogP contribution in [0.3, 0.4) is 0 Å². The largest absolute Gasteiger partial charge is 0.508 e. The van der Waals surface area contributed by atoms with Crippen LogP contribution >= 0.6 is 0 Å². The van der Waals surface area contributed by atoms with Crippen LogP contribution in [0.2, 0.25) is 0 Å². The normalized spacial score (nSPS) is 17.1. The van der Waals surface area contributed by atoms with Crippen molar-refractivity contribution < 1.29 is 5.11 Å². The Hall–Kier alpha value is -1.53. The SMILES string of the molecule is N#Cc1ccc(O)c([C@H](N)CC2CC2)c1. The molecule has 1 aliphatic rings. The summed E-state index contributed by atoms with van der Waals surface area (Å²) in [6.45, 7) is 0. The molecular formula is C12H14N2O. The van der Waals surface area contributed by atoms with E-state index in [2.05, 4.69) is 6.07 Å². The summed E-state index contributed by atoms with van der Waals surface area (Å²) in [7, 11) is 0. The second-order valence-corrected chi connectivity index (χ2v) is 4.17. The fourth-order valence-corrected chi connectivity index (χ4v) is 1.76. The number of nitrogens with two attached hydrogens (primary N) is 1. The van der Waals surface area contributed by atoms with Gasteiger partial charge in [-0.25, -0.2) is 0 Å². The monoisotopic (exact) mass is 202 g/mol. The summed E-state index contributed by atoms with van der Waals surface area (Å²) in [5, 5.41) is 18.4. The van der Waals surface area contributed by atoms with Gasteiger partial charge in [-0.2, -0.15) is 5.26 Å². The first kappa shape index (κ1) is 10.0. The summed E-state index contributed by atoms with van der Waals surface area (Å²) in [4.78, 5) is 0. The zero-order chi connectivity index (χ0) is 10.8. The molecule has 0 aliphatic heterocycles. The first-order valence-corrected chi connectivity index (χ1v) is 5.19. The third kappa shape index (κ3) is 2.28. The molecule has 1 fully saturated rings. The van der Waals surface area contributed by atoms with Gasteiger partial charge >= 0.3 is 0 Å². The van der Waals surface area contributed by atoms with E-state index in [4.69, 9.17) is 11.0 Å². The molecule has 3 N–H and O–H groups in total. The van der Waals surface area contributed by atoms with Crippen LogP contribution in [0.25, 0.3) is 0 Å². The molecule has 3 nitrogen and oxygen atoms in total. The molecule has 1 saturated carbocycles. The van der Waals surface area contributed by atoms with Crippen molar-refractivity contribution in [1.82, 2.24) is 0 Å². The molecule has 0 heterocycles. The van der Waals surface area contributed by atoms with Crippen LogP contribution in [-0.4, -0.2) is 5.11 Å². The lowest BCUT2D eigenvalue weighted by Gasteiger charge is -2.13. The molecule has 0 radical (unpaired) electrons. The van der Waals surface area contributed by atoms with E-state index < -0.39 is 0 Å². The third-order valence-electron chi connectivity index (χ3n) is 2.84. The number of benzene rings is 1. The van der Waals surface area contributed by atoms with E-state index in [-0.39, 0.29) is 11.8 Å². The Morgan fingerprint density at radius 3 is 2.87 bits per heavy atom. The van der Waals surface area contributed by atoms with E-state index in [0.29, 0.717) is 17.0 Å². The van der Waals surface area contributed by atoms with Crippen molar-refractivity contribution in [1.29, 1.82) is 5.26 Å². The highest BCUT2D eigenvalue weighted by Crippen LogP contribution is 2.38. The van der Waals surface area contributed by atoms with Crippen LogP contribution < -0.4 is 5.73 Å². The second kappa shape index (κ2) is 3.92. The Morgan fingerprint density at radius 2 is 2.27 bits per heavy atom. The summed E-state index contributed by atoms with van der Waals surface area (Å²) < 4.78 is 0. The first-order valence-electron chi connectivity index (χ1n) is 5.19. The van der Waals surface area contributed by atoms with E-state index in [1.54, 1.807) is 18.2 Å². The molecule has 0 saturated heterocycles. The molecule has 0 spiro atoms. The summed E-state index contributed by atoms with van der Waals surface area (Å²) in [5.41, 5.74) is 7.24. The van der Waals surface area contributed by atoms with Gasteiger partial charge in [0.05, 0.1) is 11.6 Å². The lowest BCUT2D eigenvalue weighted by atomic mass is 9.99. The Bertz CT molecular complexity index is 405. The van der Waals surface area contributed by atoms with Crippen molar-refractivity contribution in [3.05, 3.63) is 29.3 Å². The maximum absolute atomic E-state index is 9.64. The van der Waals surface area contributed by atoms with Gasteiger partial charge < -0.3 is 10.8 Å². The van der Waals surface area contributed by atoms with Crippen LogP contribution in [0.15, 0.2) is 18.2 Å². The number of hydrogen-bond acceptors (Lipinski definition) is 3. The van der Waals surface area contributed by atoms with Crippen LogP contribution in [-0.2, 0) is 0 Å². The number of aromatic hydroxyl groups is 1. The van der Waals surface area contributed by atoms with Crippen LogP contribution in [0.1, 0.15) is 36.4 Å².